The zero-order valence-corrected chi connectivity index (χ0v) is 19.8. The van der Waals surface area contributed by atoms with Crippen LogP contribution in [0.4, 0.5) is 0 Å². The zero-order chi connectivity index (χ0) is 23.8. The van der Waals surface area contributed by atoms with E-state index in [-0.39, 0.29) is 17.6 Å². The van der Waals surface area contributed by atoms with Gasteiger partial charge < -0.3 is 15.0 Å². The van der Waals surface area contributed by atoms with Crippen molar-refractivity contribution < 1.29 is 9.53 Å². The van der Waals surface area contributed by atoms with E-state index in [2.05, 4.69) is 28.3 Å². The molecular weight excluding hydrogens is 436 g/mol. The van der Waals surface area contributed by atoms with Crippen LogP contribution >= 0.6 is 0 Å². The van der Waals surface area contributed by atoms with Crippen molar-refractivity contribution in [3.8, 4) is 17.0 Å². The second-order valence-electron chi connectivity index (χ2n) is 9.67. The summed E-state index contributed by atoms with van der Waals surface area (Å²) >= 11 is 0. The predicted octanol–water partition coefficient (Wildman–Crippen LogP) is 5.01. The number of para-hydroxylation sites is 2. The molecule has 1 spiro atoms. The molecule has 2 aliphatic heterocycles. The van der Waals surface area contributed by atoms with Crippen molar-refractivity contribution >= 4 is 16.8 Å². The van der Waals surface area contributed by atoms with Crippen molar-refractivity contribution in [3.63, 3.8) is 0 Å². The molecule has 6 nitrogen and oxygen atoms in total. The standard InChI is InChI=1S/C29H28N4O2/c1-33-15-12-29(13-16-33)18-26(22-9-3-5-11-27(22)35-29)32-28(34)23-17-25(20-7-6-14-30-19-20)31-24-10-4-2-8-21(23)24/h2-11,14,17,19,26H,12-13,15-16,18H2,1H3,(H,32,34)/t26-/m1/s1. The largest absolute Gasteiger partial charge is 0.487 e. The maximum absolute atomic E-state index is 13.8. The number of benzene rings is 2. The molecule has 0 bridgehead atoms. The Hall–Kier alpha value is -3.77. The van der Waals surface area contributed by atoms with Crippen molar-refractivity contribution in [2.75, 3.05) is 20.1 Å². The van der Waals surface area contributed by atoms with Crippen LogP contribution in [0.3, 0.4) is 0 Å². The Morgan fingerprint density at radius 2 is 1.86 bits per heavy atom. The molecular formula is C29H28N4O2. The average molecular weight is 465 g/mol. The number of nitrogens with zero attached hydrogens (tertiary/aromatic N) is 3. The normalized spacial score (nSPS) is 19.2. The Bertz CT molecular complexity index is 1380. The van der Waals surface area contributed by atoms with Crippen LogP contribution in [0.15, 0.2) is 79.1 Å². The molecule has 35 heavy (non-hydrogen) atoms. The van der Waals surface area contributed by atoms with Crippen LogP contribution in [0.2, 0.25) is 0 Å². The summed E-state index contributed by atoms with van der Waals surface area (Å²) in [6.45, 7) is 1.98. The first-order valence-corrected chi connectivity index (χ1v) is 12.2. The molecule has 1 atom stereocenters. The van der Waals surface area contributed by atoms with E-state index in [1.807, 2.05) is 60.7 Å². The maximum atomic E-state index is 13.8. The Morgan fingerprint density at radius 1 is 1.06 bits per heavy atom. The quantitative estimate of drug-likeness (QED) is 0.461. The van der Waals surface area contributed by atoms with E-state index in [1.165, 1.54) is 0 Å². The minimum absolute atomic E-state index is 0.0986. The van der Waals surface area contributed by atoms with E-state index in [1.54, 1.807) is 12.4 Å². The van der Waals surface area contributed by atoms with Gasteiger partial charge in [0.15, 0.2) is 0 Å². The molecule has 1 saturated heterocycles. The molecule has 6 heteroatoms. The average Bonchev–Trinajstić information content (AvgIpc) is 2.90. The van der Waals surface area contributed by atoms with Gasteiger partial charge in [-0.2, -0.15) is 0 Å². The molecule has 6 rings (SSSR count). The molecule has 2 aromatic heterocycles. The molecule has 4 aromatic rings. The highest BCUT2D eigenvalue weighted by atomic mass is 16.5. The monoisotopic (exact) mass is 464 g/mol. The van der Waals surface area contributed by atoms with E-state index >= 15 is 0 Å². The lowest BCUT2D eigenvalue weighted by Crippen LogP contribution is -2.51. The molecule has 0 unspecified atom stereocenters. The van der Waals surface area contributed by atoms with Gasteiger partial charge in [0.1, 0.15) is 11.4 Å². The third kappa shape index (κ3) is 4.15. The van der Waals surface area contributed by atoms with Crippen LogP contribution < -0.4 is 10.1 Å². The lowest BCUT2D eigenvalue weighted by Gasteiger charge is -2.46. The number of nitrogens with one attached hydrogen (secondary N) is 1. The minimum atomic E-state index is -0.250. The lowest BCUT2D eigenvalue weighted by molar-refractivity contribution is -0.0195. The number of pyridine rings is 2. The Kier molecular flexibility index (Phi) is 5.46. The summed E-state index contributed by atoms with van der Waals surface area (Å²) in [5.41, 5.74) is 3.82. The van der Waals surface area contributed by atoms with Crippen molar-refractivity contribution in [1.29, 1.82) is 0 Å². The first-order chi connectivity index (χ1) is 17.1. The van der Waals surface area contributed by atoms with Gasteiger partial charge in [0.05, 0.1) is 22.8 Å². The number of carbonyl (C=O) groups excluding carboxylic acids is 1. The van der Waals surface area contributed by atoms with Gasteiger partial charge in [0.2, 0.25) is 0 Å². The first kappa shape index (κ1) is 21.7. The van der Waals surface area contributed by atoms with Crippen LogP contribution in [0.5, 0.6) is 5.75 Å². The van der Waals surface area contributed by atoms with E-state index in [4.69, 9.17) is 9.72 Å². The third-order valence-electron chi connectivity index (χ3n) is 7.32. The molecule has 2 aromatic carbocycles. The molecule has 176 valence electrons. The maximum Gasteiger partial charge on any atom is 0.252 e. The van der Waals surface area contributed by atoms with E-state index < -0.39 is 0 Å². The topological polar surface area (TPSA) is 67.4 Å². The Balaban J connectivity index is 1.37. The molecule has 0 aliphatic carbocycles. The number of carbonyl (C=O) groups is 1. The van der Waals surface area contributed by atoms with Crippen LogP contribution in [0.25, 0.3) is 22.2 Å². The van der Waals surface area contributed by atoms with Crippen LogP contribution in [0.1, 0.15) is 41.2 Å². The molecule has 1 fully saturated rings. The second kappa shape index (κ2) is 8.78. The number of aromatic nitrogens is 2. The number of ether oxygens (including phenoxy) is 1. The fraction of sp³-hybridized carbons (Fsp3) is 0.276. The predicted molar refractivity (Wildman–Crippen MR) is 136 cm³/mol. The summed E-state index contributed by atoms with van der Waals surface area (Å²) in [7, 11) is 2.15. The molecule has 1 N–H and O–H groups in total. The lowest BCUT2D eigenvalue weighted by atomic mass is 9.80. The van der Waals surface area contributed by atoms with Crippen molar-refractivity contribution in [2.24, 2.45) is 0 Å². The van der Waals surface area contributed by atoms with Gasteiger partial charge in [-0.25, -0.2) is 4.98 Å². The van der Waals surface area contributed by atoms with Crippen molar-refractivity contribution in [2.45, 2.75) is 30.9 Å². The summed E-state index contributed by atoms with van der Waals surface area (Å²) in [4.78, 5) is 25.2. The number of hydrogen-bond donors (Lipinski definition) is 1. The van der Waals surface area contributed by atoms with Gasteiger partial charge in [-0.1, -0.05) is 36.4 Å². The van der Waals surface area contributed by atoms with Crippen molar-refractivity contribution in [1.82, 2.24) is 20.2 Å². The summed E-state index contributed by atoms with van der Waals surface area (Å²) in [6, 6.07) is 21.5. The summed E-state index contributed by atoms with van der Waals surface area (Å²) in [5, 5.41) is 4.21. The highest BCUT2D eigenvalue weighted by Crippen LogP contribution is 2.44. The Morgan fingerprint density at radius 3 is 2.69 bits per heavy atom. The second-order valence-corrected chi connectivity index (χ2v) is 9.67. The zero-order valence-electron chi connectivity index (χ0n) is 19.8. The Labute approximate surface area is 205 Å². The summed E-state index contributed by atoms with van der Waals surface area (Å²) < 4.78 is 6.58. The van der Waals surface area contributed by atoms with Crippen molar-refractivity contribution in [3.05, 3.63) is 90.3 Å². The fourth-order valence-electron chi connectivity index (χ4n) is 5.34. The van der Waals surface area contributed by atoms with Gasteiger partial charge in [-0.15, -0.1) is 0 Å². The third-order valence-corrected chi connectivity index (χ3v) is 7.32. The van der Waals surface area contributed by atoms with E-state index in [0.29, 0.717) is 5.56 Å². The van der Waals surface area contributed by atoms with Crippen LogP contribution in [-0.2, 0) is 0 Å². The summed E-state index contributed by atoms with van der Waals surface area (Å²) in [6.07, 6.45) is 6.18. The van der Waals surface area contributed by atoms with Gasteiger partial charge in [0, 0.05) is 48.4 Å². The highest BCUT2D eigenvalue weighted by molar-refractivity contribution is 6.07. The number of piperidine rings is 1. The number of rotatable bonds is 3. The number of amides is 1. The van der Waals surface area contributed by atoms with Crippen LogP contribution in [0, 0.1) is 0 Å². The van der Waals surface area contributed by atoms with Gasteiger partial charge in [0.25, 0.3) is 5.91 Å². The van der Waals surface area contributed by atoms with E-state index in [9.17, 15) is 4.79 Å². The molecule has 0 radical (unpaired) electrons. The van der Waals surface area contributed by atoms with Crippen LogP contribution in [-0.4, -0.2) is 46.5 Å². The first-order valence-electron chi connectivity index (χ1n) is 12.2. The van der Waals surface area contributed by atoms with Gasteiger partial charge in [-0.05, 0) is 50.2 Å². The number of likely N-dealkylation sites (tertiary alicyclic amines) is 1. The number of fused-ring (bicyclic) bond motifs is 2. The molecule has 0 saturated carbocycles. The fourth-order valence-corrected chi connectivity index (χ4v) is 5.34. The smallest absolute Gasteiger partial charge is 0.252 e. The van der Waals surface area contributed by atoms with Gasteiger partial charge in [-0.3, -0.25) is 9.78 Å². The molecule has 2 aliphatic rings. The molecule has 4 heterocycles. The van der Waals surface area contributed by atoms with Gasteiger partial charge >= 0.3 is 0 Å². The molecule has 1 amide bonds. The van der Waals surface area contributed by atoms with E-state index in [0.717, 1.165) is 65.8 Å². The number of hydrogen-bond acceptors (Lipinski definition) is 5. The summed E-state index contributed by atoms with van der Waals surface area (Å²) in [5.74, 6) is 0.780. The highest BCUT2D eigenvalue weighted by Gasteiger charge is 2.43. The SMILES string of the molecule is CN1CCC2(CC1)C[C@@H](NC(=O)c1cc(-c3cccnc3)nc3ccccc13)c1ccccc1O2. The minimum Gasteiger partial charge on any atom is -0.487 e.